The first kappa shape index (κ1) is 17.1. The molecular formula is C13H17NO6S. The van der Waals surface area contributed by atoms with Crippen LogP contribution in [-0.4, -0.2) is 51.4 Å². The number of benzene rings is 1. The molecule has 1 rings (SSSR count). The molecular weight excluding hydrogens is 298 g/mol. The Bertz CT molecular complexity index is 608. The molecule has 0 saturated carbocycles. The number of rotatable bonds is 6. The van der Waals surface area contributed by atoms with Crippen molar-refractivity contribution in [3.05, 3.63) is 35.4 Å². The second-order valence-corrected chi connectivity index (χ2v) is 6.64. The monoisotopic (exact) mass is 315 g/mol. The maximum absolute atomic E-state index is 11.9. The lowest BCUT2D eigenvalue weighted by Crippen LogP contribution is -2.44. The van der Waals surface area contributed by atoms with Crippen LogP contribution in [0.3, 0.4) is 0 Å². The summed E-state index contributed by atoms with van der Waals surface area (Å²) >= 11 is 0. The molecule has 0 aliphatic heterocycles. The van der Waals surface area contributed by atoms with Gasteiger partial charge in [0, 0.05) is 11.8 Å². The van der Waals surface area contributed by atoms with Crippen molar-refractivity contribution < 1.29 is 27.9 Å². The fourth-order valence-corrected chi connectivity index (χ4v) is 2.42. The number of esters is 1. The van der Waals surface area contributed by atoms with E-state index in [1.807, 2.05) is 0 Å². The van der Waals surface area contributed by atoms with E-state index in [-0.39, 0.29) is 11.3 Å². The van der Waals surface area contributed by atoms with E-state index in [9.17, 15) is 18.0 Å². The molecule has 0 bridgehead atoms. The SMILES string of the molecule is COC(=O)[C@@H](CO)NC(=O)c1ccc(CS(C)(=O)=O)cc1. The summed E-state index contributed by atoms with van der Waals surface area (Å²) in [6.45, 7) is -0.579. The van der Waals surface area contributed by atoms with Crippen LogP contribution >= 0.6 is 0 Å². The second kappa shape index (κ2) is 7.19. The molecule has 2 N–H and O–H groups in total. The highest BCUT2D eigenvalue weighted by Gasteiger charge is 2.21. The van der Waals surface area contributed by atoms with Gasteiger partial charge in [-0.25, -0.2) is 13.2 Å². The number of hydrogen-bond donors (Lipinski definition) is 2. The normalized spacial score (nSPS) is 12.5. The van der Waals surface area contributed by atoms with E-state index in [2.05, 4.69) is 10.1 Å². The zero-order valence-corrected chi connectivity index (χ0v) is 12.5. The fourth-order valence-electron chi connectivity index (χ4n) is 1.62. The highest BCUT2D eigenvalue weighted by Crippen LogP contribution is 2.08. The number of carbonyl (C=O) groups is 2. The lowest BCUT2D eigenvalue weighted by Gasteiger charge is -2.13. The number of nitrogens with one attached hydrogen (secondary N) is 1. The Kier molecular flexibility index (Phi) is 5.86. The molecule has 0 fully saturated rings. The first-order chi connectivity index (χ1) is 9.76. The number of sulfone groups is 1. The van der Waals surface area contributed by atoms with Gasteiger partial charge in [0.1, 0.15) is 0 Å². The first-order valence-electron chi connectivity index (χ1n) is 6.03. The molecule has 0 aromatic heterocycles. The molecule has 0 aliphatic rings. The highest BCUT2D eigenvalue weighted by atomic mass is 32.2. The summed E-state index contributed by atoms with van der Waals surface area (Å²) in [6.07, 6.45) is 1.12. The van der Waals surface area contributed by atoms with Crippen LogP contribution in [-0.2, 0) is 25.1 Å². The minimum absolute atomic E-state index is 0.115. The van der Waals surface area contributed by atoms with E-state index in [0.717, 1.165) is 13.4 Å². The van der Waals surface area contributed by atoms with Gasteiger partial charge in [-0.15, -0.1) is 0 Å². The number of carbonyl (C=O) groups excluding carboxylic acids is 2. The molecule has 1 amide bonds. The Labute approximate surface area is 122 Å². The summed E-state index contributed by atoms with van der Waals surface area (Å²) in [5, 5.41) is 11.3. The lowest BCUT2D eigenvalue weighted by molar-refractivity contribution is -0.143. The summed E-state index contributed by atoms with van der Waals surface area (Å²) in [6, 6.07) is 4.78. The molecule has 21 heavy (non-hydrogen) atoms. The van der Waals surface area contributed by atoms with Gasteiger partial charge in [0.05, 0.1) is 19.5 Å². The number of ether oxygens (including phenoxy) is 1. The summed E-state index contributed by atoms with van der Waals surface area (Å²) < 4.78 is 26.7. The predicted octanol–water partition coefficient (Wildman–Crippen LogP) is -0.505. The zero-order chi connectivity index (χ0) is 16.0. The topological polar surface area (TPSA) is 110 Å². The van der Waals surface area contributed by atoms with Gasteiger partial charge in [-0.05, 0) is 17.7 Å². The minimum atomic E-state index is -3.14. The number of aliphatic hydroxyl groups is 1. The van der Waals surface area contributed by atoms with Crippen LogP contribution in [0, 0.1) is 0 Å². The summed E-state index contributed by atoms with van der Waals surface area (Å²) in [5.41, 5.74) is 0.801. The fraction of sp³-hybridized carbons (Fsp3) is 0.385. The smallest absolute Gasteiger partial charge is 0.330 e. The number of hydrogen-bond acceptors (Lipinski definition) is 6. The predicted molar refractivity (Wildman–Crippen MR) is 75.3 cm³/mol. The van der Waals surface area contributed by atoms with Crippen LogP contribution in [0.25, 0.3) is 0 Å². The second-order valence-electron chi connectivity index (χ2n) is 4.50. The Hall–Kier alpha value is -1.93. The largest absolute Gasteiger partial charge is 0.467 e. The van der Waals surface area contributed by atoms with E-state index in [4.69, 9.17) is 5.11 Å². The number of amides is 1. The van der Waals surface area contributed by atoms with Gasteiger partial charge in [-0.3, -0.25) is 4.79 Å². The van der Waals surface area contributed by atoms with E-state index in [0.29, 0.717) is 5.56 Å². The van der Waals surface area contributed by atoms with Crippen LogP contribution in [0.15, 0.2) is 24.3 Å². The van der Waals surface area contributed by atoms with Gasteiger partial charge in [0.15, 0.2) is 15.9 Å². The van der Waals surface area contributed by atoms with Crippen LogP contribution in [0.5, 0.6) is 0 Å². The molecule has 0 aliphatic carbocycles. The minimum Gasteiger partial charge on any atom is -0.467 e. The van der Waals surface area contributed by atoms with E-state index >= 15 is 0 Å². The molecule has 0 saturated heterocycles. The van der Waals surface area contributed by atoms with Crippen molar-refractivity contribution in [1.29, 1.82) is 0 Å². The van der Waals surface area contributed by atoms with Crippen molar-refractivity contribution >= 4 is 21.7 Å². The van der Waals surface area contributed by atoms with Crippen LogP contribution in [0.1, 0.15) is 15.9 Å². The molecule has 8 heteroatoms. The van der Waals surface area contributed by atoms with Gasteiger partial charge in [0.25, 0.3) is 5.91 Å². The molecule has 7 nitrogen and oxygen atoms in total. The maximum atomic E-state index is 11.9. The van der Waals surface area contributed by atoms with Crippen LogP contribution in [0.4, 0.5) is 0 Å². The molecule has 116 valence electrons. The molecule has 0 unspecified atom stereocenters. The summed E-state index contributed by atoms with van der Waals surface area (Å²) in [7, 11) is -1.99. The number of methoxy groups -OCH3 is 1. The Morgan fingerprint density at radius 1 is 1.29 bits per heavy atom. The standard InChI is InChI=1S/C13H17NO6S/c1-20-13(17)11(7-15)14-12(16)10-5-3-9(4-6-10)8-21(2,18)19/h3-6,11,15H,7-8H2,1-2H3,(H,14,16)/t11-/m1/s1. The third-order valence-corrected chi connectivity index (χ3v) is 3.48. The third-order valence-electron chi connectivity index (χ3n) is 2.62. The van der Waals surface area contributed by atoms with Gasteiger partial charge in [0.2, 0.25) is 0 Å². The van der Waals surface area contributed by atoms with Gasteiger partial charge in [-0.2, -0.15) is 0 Å². The van der Waals surface area contributed by atoms with Crippen LogP contribution in [0.2, 0.25) is 0 Å². The molecule has 0 radical (unpaired) electrons. The van der Waals surface area contributed by atoms with Crippen LogP contribution < -0.4 is 5.32 Å². The highest BCUT2D eigenvalue weighted by molar-refractivity contribution is 7.89. The van der Waals surface area contributed by atoms with Crippen molar-refractivity contribution in [3.8, 4) is 0 Å². The van der Waals surface area contributed by atoms with Crippen molar-refractivity contribution in [2.75, 3.05) is 20.0 Å². The third kappa shape index (κ3) is 5.52. The molecule has 1 aromatic rings. The molecule has 0 heterocycles. The lowest BCUT2D eigenvalue weighted by atomic mass is 10.1. The van der Waals surface area contributed by atoms with E-state index in [1.54, 1.807) is 0 Å². The maximum Gasteiger partial charge on any atom is 0.330 e. The van der Waals surface area contributed by atoms with Gasteiger partial charge in [-0.1, -0.05) is 12.1 Å². The van der Waals surface area contributed by atoms with Gasteiger partial charge >= 0.3 is 5.97 Å². The van der Waals surface area contributed by atoms with Crippen molar-refractivity contribution in [3.63, 3.8) is 0 Å². The van der Waals surface area contributed by atoms with Crippen molar-refractivity contribution in [1.82, 2.24) is 5.32 Å². The first-order valence-corrected chi connectivity index (χ1v) is 8.09. The Morgan fingerprint density at radius 2 is 1.86 bits per heavy atom. The summed E-state index contributed by atoms with van der Waals surface area (Å²) in [4.78, 5) is 23.1. The molecule has 1 aromatic carbocycles. The summed E-state index contributed by atoms with van der Waals surface area (Å²) in [5.74, 6) is -1.43. The molecule has 0 spiro atoms. The van der Waals surface area contributed by atoms with Gasteiger partial charge < -0.3 is 15.2 Å². The average molecular weight is 315 g/mol. The van der Waals surface area contributed by atoms with Crippen molar-refractivity contribution in [2.45, 2.75) is 11.8 Å². The Morgan fingerprint density at radius 3 is 2.29 bits per heavy atom. The quantitative estimate of drug-likeness (QED) is 0.685. The molecule has 1 atom stereocenters. The van der Waals surface area contributed by atoms with Crippen molar-refractivity contribution in [2.24, 2.45) is 0 Å². The average Bonchev–Trinajstić information content (AvgIpc) is 2.42. The number of aliphatic hydroxyl groups excluding tert-OH is 1. The van der Waals surface area contributed by atoms with E-state index in [1.165, 1.54) is 24.3 Å². The zero-order valence-electron chi connectivity index (χ0n) is 11.7. The Balaban J connectivity index is 2.77. The van der Waals surface area contributed by atoms with E-state index < -0.39 is 34.4 Å².